The minimum atomic E-state index is -0.379. The van der Waals surface area contributed by atoms with Crippen molar-refractivity contribution in [2.75, 3.05) is 13.7 Å². The van der Waals surface area contributed by atoms with Crippen LogP contribution in [0.1, 0.15) is 5.56 Å². The smallest absolute Gasteiger partial charge is 0.165 e. The standard InChI is InChI=1S/C10H12FNO/c1-7(6-12)8-3-4-9(11)10(5-8)13-2/h3-5H,1,6,12H2,2H3. The predicted octanol–water partition coefficient (Wildman–Crippen LogP) is 1.81. The lowest BCUT2D eigenvalue weighted by atomic mass is 10.1. The molecule has 0 bridgehead atoms. The second-order valence-electron chi connectivity index (χ2n) is 2.66. The van der Waals surface area contributed by atoms with Gasteiger partial charge in [-0.05, 0) is 23.3 Å². The van der Waals surface area contributed by atoms with Gasteiger partial charge >= 0.3 is 0 Å². The zero-order chi connectivity index (χ0) is 9.84. The summed E-state index contributed by atoms with van der Waals surface area (Å²) in [6.45, 7) is 4.10. The summed E-state index contributed by atoms with van der Waals surface area (Å²) in [5.41, 5.74) is 6.97. The molecule has 0 atom stereocenters. The Bertz CT molecular complexity index is 323. The van der Waals surface area contributed by atoms with Gasteiger partial charge < -0.3 is 10.5 Å². The number of hydrogen-bond donors (Lipinski definition) is 1. The summed E-state index contributed by atoms with van der Waals surface area (Å²) < 4.78 is 17.8. The molecule has 0 aliphatic heterocycles. The molecular formula is C10H12FNO. The van der Waals surface area contributed by atoms with Crippen LogP contribution in [0.25, 0.3) is 5.57 Å². The first-order valence-electron chi connectivity index (χ1n) is 3.90. The van der Waals surface area contributed by atoms with E-state index in [1.807, 2.05) is 0 Å². The monoisotopic (exact) mass is 181 g/mol. The van der Waals surface area contributed by atoms with Gasteiger partial charge in [0.25, 0.3) is 0 Å². The van der Waals surface area contributed by atoms with Crippen LogP contribution in [0.5, 0.6) is 5.75 Å². The first-order valence-corrected chi connectivity index (χ1v) is 3.90. The fourth-order valence-corrected chi connectivity index (χ4v) is 0.998. The van der Waals surface area contributed by atoms with Crippen molar-refractivity contribution < 1.29 is 9.13 Å². The largest absolute Gasteiger partial charge is 0.494 e. The highest BCUT2D eigenvalue weighted by Gasteiger charge is 2.04. The maximum absolute atomic E-state index is 13.0. The molecule has 2 nitrogen and oxygen atoms in total. The Morgan fingerprint density at radius 1 is 1.62 bits per heavy atom. The van der Waals surface area contributed by atoms with E-state index in [2.05, 4.69) is 6.58 Å². The van der Waals surface area contributed by atoms with E-state index in [0.717, 1.165) is 11.1 Å². The van der Waals surface area contributed by atoms with Gasteiger partial charge in [-0.1, -0.05) is 12.6 Å². The third-order valence-electron chi connectivity index (χ3n) is 1.81. The van der Waals surface area contributed by atoms with Crippen LogP contribution in [0.3, 0.4) is 0 Å². The second kappa shape index (κ2) is 4.05. The Labute approximate surface area is 76.8 Å². The highest BCUT2D eigenvalue weighted by atomic mass is 19.1. The molecule has 0 aliphatic carbocycles. The van der Waals surface area contributed by atoms with Crippen LogP contribution in [0.4, 0.5) is 4.39 Å². The van der Waals surface area contributed by atoms with Crippen molar-refractivity contribution in [3.8, 4) is 5.75 Å². The number of ether oxygens (including phenoxy) is 1. The van der Waals surface area contributed by atoms with Gasteiger partial charge in [-0.2, -0.15) is 0 Å². The lowest BCUT2D eigenvalue weighted by Gasteiger charge is -2.06. The normalized spacial score (nSPS) is 9.77. The third-order valence-corrected chi connectivity index (χ3v) is 1.81. The number of rotatable bonds is 3. The molecule has 1 rings (SSSR count). The van der Waals surface area contributed by atoms with Crippen molar-refractivity contribution >= 4 is 5.57 Å². The van der Waals surface area contributed by atoms with Crippen LogP contribution in [-0.4, -0.2) is 13.7 Å². The van der Waals surface area contributed by atoms with E-state index in [9.17, 15) is 4.39 Å². The number of nitrogens with two attached hydrogens (primary N) is 1. The minimum absolute atomic E-state index is 0.215. The molecule has 0 aliphatic rings. The SMILES string of the molecule is C=C(CN)c1ccc(F)c(OC)c1. The third kappa shape index (κ3) is 2.06. The Balaban J connectivity index is 3.06. The van der Waals surface area contributed by atoms with Gasteiger partial charge in [0.05, 0.1) is 7.11 Å². The van der Waals surface area contributed by atoms with Crippen molar-refractivity contribution in [1.82, 2.24) is 0 Å². The fourth-order valence-electron chi connectivity index (χ4n) is 0.998. The molecule has 0 fully saturated rings. The minimum Gasteiger partial charge on any atom is -0.494 e. The van der Waals surface area contributed by atoms with Crippen molar-refractivity contribution in [3.05, 3.63) is 36.2 Å². The molecule has 0 radical (unpaired) electrons. The van der Waals surface area contributed by atoms with E-state index in [-0.39, 0.29) is 11.6 Å². The Hall–Kier alpha value is -1.35. The van der Waals surface area contributed by atoms with Crippen molar-refractivity contribution in [3.63, 3.8) is 0 Å². The summed E-state index contributed by atoms with van der Waals surface area (Å²) >= 11 is 0. The van der Waals surface area contributed by atoms with Gasteiger partial charge in [0.15, 0.2) is 11.6 Å². The molecule has 0 amide bonds. The summed E-state index contributed by atoms with van der Waals surface area (Å²) in [6.07, 6.45) is 0. The van der Waals surface area contributed by atoms with Crippen molar-refractivity contribution in [1.29, 1.82) is 0 Å². The molecule has 0 heterocycles. The van der Waals surface area contributed by atoms with Crippen LogP contribution in [0, 0.1) is 5.82 Å². The maximum Gasteiger partial charge on any atom is 0.165 e. The van der Waals surface area contributed by atoms with Crippen LogP contribution in [0.15, 0.2) is 24.8 Å². The molecule has 0 spiro atoms. The van der Waals surface area contributed by atoms with E-state index in [1.165, 1.54) is 13.2 Å². The molecule has 1 aromatic carbocycles. The van der Waals surface area contributed by atoms with Crippen molar-refractivity contribution in [2.45, 2.75) is 0 Å². The van der Waals surface area contributed by atoms with E-state index in [1.54, 1.807) is 12.1 Å². The van der Waals surface area contributed by atoms with Gasteiger partial charge in [0.1, 0.15) is 0 Å². The first-order chi connectivity index (χ1) is 6.19. The van der Waals surface area contributed by atoms with Gasteiger partial charge in [0, 0.05) is 6.54 Å². The molecule has 0 saturated carbocycles. The quantitative estimate of drug-likeness (QED) is 0.771. The van der Waals surface area contributed by atoms with Crippen LogP contribution >= 0.6 is 0 Å². The van der Waals surface area contributed by atoms with E-state index in [0.29, 0.717) is 6.54 Å². The van der Waals surface area contributed by atoms with Gasteiger partial charge in [-0.3, -0.25) is 0 Å². The molecule has 0 unspecified atom stereocenters. The average Bonchev–Trinajstić information content (AvgIpc) is 2.17. The molecule has 70 valence electrons. The summed E-state index contributed by atoms with van der Waals surface area (Å²) in [5.74, 6) is -0.164. The van der Waals surface area contributed by atoms with E-state index >= 15 is 0 Å². The Kier molecular flexibility index (Phi) is 3.03. The predicted molar refractivity (Wildman–Crippen MR) is 51.0 cm³/mol. The molecule has 13 heavy (non-hydrogen) atoms. The molecule has 0 aromatic heterocycles. The topological polar surface area (TPSA) is 35.2 Å². The Morgan fingerprint density at radius 2 is 2.31 bits per heavy atom. The zero-order valence-electron chi connectivity index (χ0n) is 7.51. The maximum atomic E-state index is 13.0. The molecular weight excluding hydrogens is 169 g/mol. The molecule has 3 heteroatoms. The molecule has 0 saturated heterocycles. The molecule has 2 N–H and O–H groups in total. The van der Waals surface area contributed by atoms with Gasteiger partial charge in [0.2, 0.25) is 0 Å². The first kappa shape index (κ1) is 9.74. The highest BCUT2D eigenvalue weighted by Crippen LogP contribution is 2.21. The number of benzene rings is 1. The summed E-state index contributed by atoms with van der Waals surface area (Å²) in [7, 11) is 1.42. The summed E-state index contributed by atoms with van der Waals surface area (Å²) in [6, 6.07) is 4.56. The Morgan fingerprint density at radius 3 is 2.85 bits per heavy atom. The van der Waals surface area contributed by atoms with Crippen LogP contribution < -0.4 is 10.5 Å². The lowest BCUT2D eigenvalue weighted by Crippen LogP contribution is -2.01. The lowest BCUT2D eigenvalue weighted by molar-refractivity contribution is 0.386. The van der Waals surface area contributed by atoms with Crippen LogP contribution in [-0.2, 0) is 0 Å². The molecule has 1 aromatic rings. The summed E-state index contributed by atoms with van der Waals surface area (Å²) in [5, 5.41) is 0. The highest BCUT2D eigenvalue weighted by molar-refractivity contribution is 5.65. The number of hydrogen-bond acceptors (Lipinski definition) is 2. The average molecular weight is 181 g/mol. The summed E-state index contributed by atoms with van der Waals surface area (Å²) in [4.78, 5) is 0. The number of halogens is 1. The van der Waals surface area contributed by atoms with Gasteiger partial charge in [-0.25, -0.2) is 4.39 Å². The van der Waals surface area contributed by atoms with E-state index in [4.69, 9.17) is 10.5 Å². The van der Waals surface area contributed by atoms with E-state index < -0.39 is 0 Å². The van der Waals surface area contributed by atoms with Gasteiger partial charge in [-0.15, -0.1) is 0 Å². The van der Waals surface area contributed by atoms with Crippen LogP contribution in [0.2, 0.25) is 0 Å². The second-order valence-corrected chi connectivity index (χ2v) is 2.66. The van der Waals surface area contributed by atoms with Crippen molar-refractivity contribution in [2.24, 2.45) is 5.73 Å². The number of methoxy groups -OCH3 is 1. The fraction of sp³-hybridized carbons (Fsp3) is 0.200. The zero-order valence-corrected chi connectivity index (χ0v) is 7.51.